The van der Waals surface area contributed by atoms with Gasteiger partial charge in [0.1, 0.15) is 0 Å². The minimum atomic E-state index is 0.275. The van der Waals surface area contributed by atoms with Crippen LogP contribution in [0.15, 0.2) is 6.20 Å². The summed E-state index contributed by atoms with van der Waals surface area (Å²) in [5.74, 6) is 1.02. The van der Waals surface area contributed by atoms with Crippen LogP contribution in [0.5, 0.6) is 0 Å². The summed E-state index contributed by atoms with van der Waals surface area (Å²) in [5.41, 5.74) is 1.08. The fourth-order valence-corrected chi connectivity index (χ4v) is 2.73. The van der Waals surface area contributed by atoms with Gasteiger partial charge in [0.05, 0.1) is 23.0 Å². The Labute approximate surface area is 107 Å². The molecule has 0 saturated heterocycles. The lowest BCUT2D eigenvalue weighted by Gasteiger charge is -2.19. The first kappa shape index (κ1) is 13.9. The van der Waals surface area contributed by atoms with Crippen molar-refractivity contribution in [2.45, 2.75) is 32.1 Å². The molecule has 1 aromatic heterocycles. The predicted molar refractivity (Wildman–Crippen MR) is 72.2 cm³/mol. The van der Waals surface area contributed by atoms with E-state index in [2.05, 4.69) is 31.2 Å². The van der Waals surface area contributed by atoms with Crippen LogP contribution < -0.4 is 5.32 Å². The molecule has 16 heavy (non-hydrogen) atoms. The van der Waals surface area contributed by atoms with E-state index in [0.717, 1.165) is 23.0 Å². The number of rotatable bonds is 6. The van der Waals surface area contributed by atoms with Gasteiger partial charge >= 0.3 is 0 Å². The van der Waals surface area contributed by atoms with Gasteiger partial charge in [0.2, 0.25) is 0 Å². The first-order chi connectivity index (χ1) is 7.56. The van der Waals surface area contributed by atoms with E-state index in [0.29, 0.717) is 5.25 Å². The molecule has 5 heteroatoms. The molecule has 1 rings (SSSR count). The molecule has 0 aliphatic heterocycles. The van der Waals surface area contributed by atoms with Gasteiger partial charge in [0.15, 0.2) is 0 Å². The molecule has 92 valence electrons. The molecule has 0 aliphatic carbocycles. The molecule has 1 aromatic rings. The highest BCUT2D eigenvalue weighted by molar-refractivity contribution is 7.99. The second kappa shape index (κ2) is 6.52. The standard InChI is InChI=1S/C11H20ClN3S/c1-5-13-10(7-16-8(2)3)11-9(12)6-14-15(11)4/h6,8,10,13H,5,7H2,1-4H3. The van der Waals surface area contributed by atoms with Crippen LogP contribution in [0.25, 0.3) is 0 Å². The van der Waals surface area contributed by atoms with Crippen LogP contribution >= 0.6 is 23.4 Å². The monoisotopic (exact) mass is 261 g/mol. The number of nitrogens with zero attached hydrogens (tertiary/aromatic N) is 2. The highest BCUT2D eigenvalue weighted by Gasteiger charge is 2.18. The highest BCUT2D eigenvalue weighted by Crippen LogP contribution is 2.26. The van der Waals surface area contributed by atoms with Crippen LogP contribution in [0.1, 0.15) is 32.5 Å². The van der Waals surface area contributed by atoms with Gasteiger partial charge in [-0.05, 0) is 11.8 Å². The van der Waals surface area contributed by atoms with Crippen LogP contribution in [0, 0.1) is 0 Å². The summed E-state index contributed by atoms with van der Waals surface area (Å²) in [4.78, 5) is 0. The van der Waals surface area contributed by atoms with Crippen molar-refractivity contribution in [3.05, 3.63) is 16.9 Å². The molecule has 1 atom stereocenters. The summed E-state index contributed by atoms with van der Waals surface area (Å²) in [6.45, 7) is 7.46. The lowest BCUT2D eigenvalue weighted by atomic mass is 10.2. The Bertz CT molecular complexity index is 306. The molecule has 1 N–H and O–H groups in total. The van der Waals surface area contributed by atoms with Crippen molar-refractivity contribution >= 4 is 23.4 Å². The number of hydrogen-bond acceptors (Lipinski definition) is 3. The Morgan fingerprint density at radius 3 is 2.69 bits per heavy atom. The van der Waals surface area contributed by atoms with Gasteiger partial charge in [-0.25, -0.2) is 0 Å². The number of aromatic nitrogens is 2. The van der Waals surface area contributed by atoms with E-state index in [-0.39, 0.29) is 6.04 Å². The third-order valence-electron chi connectivity index (χ3n) is 2.31. The van der Waals surface area contributed by atoms with Crippen LogP contribution in [-0.4, -0.2) is 27.3 Å². The molecule has 0 spiro atoms. The fourth-order valence-electron chi connectivity index (χ4n) is 1.58. The molecule has 0 bridgehead atoms. The van der Waals surface area contributed by atoms with Crippen molar-refractivity contribution in [2.24, 2.45) is 7.05 Å². The normalized spacial score (nSPS) is 13.4. The first-order valence-corrected chi connectivity index (χ1v) is 7.01. The average Bonchev–Trinajstić information content (AvgIpc) is 2.54. The highest BCUT2D eigenvalue weighted by atomic mass is 35.5. The van der Waals surface area contributed by atoms with Crippen LogP contribution in [0.3, 0.4) is 0 Å². The van der Waals surface area contributed by atoms with Crippen LogP contribution in [-0.2, 0) is 7.05 Å². The second-order valence-electron chi connectivity index (χ2n) is 3.99. The number of halogens is 1. The second-order valence-corrected chi connectivity index (χ2v) is 6.01. The van der Waals surface area contributed by atoms with E-state index in [9.17, 15) is 0 Å². The molecular formula is C11H20ClN3S. The van der Waals surface area contributed by atoms with Crippen molar-refractivity contribution in [3.63, 3.8) is 0 Å². The predicted octanol–water partition coefficient (Wildman–Crippen LogP) is 2.87. The third kappa shape index (κ3) is 3.68. The van der Waals surface area contributed by atoms with E-state index in [4.69, 9.17) is 11.6 Å². The molecule has 3 nitrogen and oxygen atoms in total. The summed E-state index contributed by atoms with van der Waals surface area (Å²) in [7, 11) is 1.94. The van der Waals surface area contributed by atoms with Gasteiger partial charge in [-0.1, -0.05) is 32.4 Å². The first-order valence-electron chi connectivity index (χ1n) is 5.58. The summed E-state index contributed by atoms with van der Waals surface area (Å²) in [6, 6.07) is 0.275. The van der Waals surface area contributed by atoms with Crippen molar-refractivity contribution in [1.29, 1.82) is 0 Å². The van der Waals surface area contributed by atoms with Crippen molar-refractivity contribution < 1.29 is 0 Å². The van der Waals surface area contributed by atoms with Gasteiger partial charge in [0, 0.05) is 12.8 Å². The largest absolute Gasteiger partial charge is 0.308 e. The van der Waals surface area contributed by atoms with E-state index in [1.807, 2.05) is 23.5 Å². The van der Waals surface area contributed by atoms with Gasteiger partial charge in [0.25, 0.3) is 0 Å². The number of aryl methyl sites for hydroxylation is 1. The zero-order chi connectivity index (χ0) is 12.1. The third-order valence-corrected chi connectivity index (χ3v) is 3.80. The Morgan fingerprint density at radius 2 is 2.25 bits per heavy atom. The molecule has 0 fully saturated rings. The van der Waals surface area contributed by atoms with Crippen LogP contribution in [0.4, 0.5) is 0 Å². The molecule has 1 unspecified atom stereocenters. The molecule has 1 heterocycles. The van der Waals surface area contributed by atoms with E-state index in [1.54, 1.807) is 6.20 Å². The molecule has 0 aliphatic rings. The Kier molecular flexibility index (Phi) is 5.66. The number of thioether (sulfide) groups is 1. The van der Waals surface area contributed by atoms with E-state index in [1.165, 1.54) is 0 Å². The minimum Gasteiger partial charge on any atom is -0.308 e. The molecule has 0 radical (unpaired) electrons. The summed E-state index contributed by atoms with van der Waals surface area (Å²) < 4.78 is 1.86. The zero-order valence-electron chi connectivity index (χ0n) is 10.3. The minimum absolute atomic E-state index is 0.275. The van der Waals surface area contributed by atoms with Gasteiger partial charge in [-0.3, -0.25) is 4.68 Å². The maximum Gasteiger partial charge on any atom is 0.0834 e. The van der Waals surface area contributed by atoms with E-state index >= 15 is 0 Å². The number of nitrogens with one attached hydrogen (secondary N) is 1. The summed E-state index contributed by atoms with van der Waals surface area (Å²) in [5, 5.41) is 9.02. The fraction of sp³-hybridized carbons (Fsp3) is 0.727. The Balaban J connectivity index is 2.76. The van der Waals surface area contributed by atoms with Crippen molar-refractivity contribution in [2.75, 3.05) is 12.3 Å². The van der Waals surface area contributed by atoms with E-state index < -0.39 is 0 Å². The number of hydrogen-bond donors (Lipinski definition) is 1. The summed E-state index contributed by atoms with van der Waals surface area (Å²) >= 11 is 8.09. The van der Waals surface area contributed by atoms with Crippen molar-refractivity contribution in [3.8, 4) is 0 Å². The molecule has 0 aromatic carbocycles. The SMILES string of the molecule is CCNC(CSC(C)C)c1c(Cl)cnn1C. The maximum atomic E-state index is 6.16. The molecular weight excluding hydrogens is 242 g/mol. The maximum absolute atomic E-state index is 6.16. The van der Waals surface area contributed by atoms with Gasteiger partial charge in [-0.15, -0.1) is 0 Å². The lowest BCUT2D eigenvalue weighted by Crippen LogP contribution is -2.26. The molecule has 0 amide bonds. The zero-order valence-corrected chi connectivity index (χ0v) is 11.9. The Morgan fingerprint density at radius 1 is 1.56 bits per heavy atom. The topological polar surface area (TPSA) is 29.9 Å². The van der Waals surface area contributed by atoms with Gasteiger partial charge in [-0.2, -0.15) is 16.9 Å². The van der Waals surface area contributed by atoms with Crippen LogP contribution in [0.2, 0.25) is 5.02 Å². The summed E-state index contributed by atoms with van der Waals surface area (Å²) in [6.07, 6.45) is 1.71. The molecule has 0 saturated carbocycles. The smallest absolute Gasteiger partial charge is 0.0834 e. The van der Waals surface area contributed by atoms with Crippen molar-refractivity contribution in [1.82, 2.24) is 15.1 Å². The Hall–Kier alpha value is -0.190. The van der Waals surface area contributed by atoms with Gasteiger partial charge < -0.3 is 5.32 Å². The lowest BCUT2D eigenvalue weighted by molar-refractivity contribution is 0.552. The quantitative estimate of drug-likeness (QED) is 0.854. The average molecular weight is 262 g/mol.